The van der Waals surface area contributed by atoms with Crippen molar-refractivity contribution in [3.8, 4) is 0 Å². The molecule has 1 aliphatic carbocycles. The maximum atomic E-state index is 11.9. The molecular formula is C13H23N3O2. The van der Waals surface area contributed by atoms with Crippen LogP contribution in [0.15, 0.2) is 0 Å². The number of amides is 2. The van der Waals surface area contributed by atoms with Crippen LogP contribution < -0.4 is 16.0 Å². The number of nitrogens with one attached hydrogen (secondary N) is 3. The van der Waals surface area contributed by atoms with E-state index in [0.29, 0.717) is 25.0 Å². The van der Waals surface area contributed by atoms with Crippen LogP contribution in [0.1, 0.15) is 45.4 Å². The Morgan fingerprint density at radius 3 is 2.67 bits per heavy atom. The Bertz CT molecular complexity index is 315. The summed E-state index contributed by atoms with van der Waals surface area (Å²) in [7, 11) is 0. The van der Waals surface area contributed by atoms with E-state index < -0.39 is 0 Å². The molecule has 2 amide bonds. The Morgan fingerprint density at radius 2 is 2.00 bits per heavy atom. The molecule has 5 nitrogen and oxygen atoms in total. The maximum absolute atomic E-state index is 11.9. The molecule has 0 aromatic carbocycles. The van der Waals surface area contributed by atoms with Crippen molar-refractivity contribution in [1.29, 1.82) is 0 Å². The molecule has 5 heteroatoms. The fourth-order valence-electron chi connectivity index (χ4n) is 2.29. The molecule has 2 fully saturated rings. The maximum Gasteiger partial charge on any atom is 0.237 e. The van der Waals surface area contributed by atoms with Gasteiger partial charge in [0.05, 0.1) is 6.04 Å². The van der Waals surface area contributed by atoms with Crippen molar-refractivity contribution in [2.75, 3.05) is 6.54 Å². The second-order valence-corrected chi connectivity index (χ2v) is 5.43. The number of hydrogen-bond donors (Lipinski definition) is 3. The van der Waals surface area contributed by atoms with E-state index in [1.54, 1.807) is 0 Å². The molecule has 0 aromatic heterocycles. The summed E-state index contributed by atoms with van der Waals surface area (Å²) in [5.74, 6) is 0.0727. The quantitative estimate of drug-likeness (QED) is 0.660. The van der Waals surface area contributed by atoms with Crippen LogP contribution in [-0.4, -0.2) is 36.5 Å². The second kappa shape index (κ2) is 6.18. The van der Waals surface area contributed by atoms with E-state index in [4.69, 9.17) is 0 Å². The Hall–Kier alpha value is -1.10. The average Bonchev–Trinajstić information content (AvgIpc) is 3.12. The van der Waals surface area contributed by atoms with Crippen LogP contribution in [0, 0.1) is 0 Å². The highest BCUT2D eigenvalue weighted by molar-refractivity contribution is 5.83. The highest BCUT2D eigenvalue weighted by Crippen LogP contribution is 2.18. The monoisotopic (exact) mass is 253 g/mol. The van der Waals surface area contributed by atoms with Crippen LogP contribution in [-0.2, 0) is 9.59 Å². The summed E-state index contributed by atoms with van der Waals surface area (Å²) in [5, 5.41) is 9.03. The minimum atomic E-state index is -0.0831. The second-order valence-electron chi connectivity index (χ2n) is 5.43. The van der Waals surface area contributed by atoms with Gasteiger partial charge in [0, 0.05) is 25.0 Å². The lowest BCUT2D eigenvalue weighted by Crippen LogP contribution is -2.50. The minimum Gasteiger partial charge on any atom is -0.354 e. The summed E-state index contributed by atoms with van der Waals surface area (Å²) in [6.45, 7) is 2.53. The average molecular weight is 253 g/mol. The predicted octanol–water partition coefficient (Wildman–Crippen LogP) is 0.302. The van der Waals surface area contributed by atoms with E-state index in [1.165, 1.54) is 0 Å². The zero-order valence-corrected chi connectivity index (χ0v) is 11.0. The minimum absolute atomic E-state index is 0.0285. The highest BCUT2D eigenvalue weighted by atomic mass is 16.2. The van der Waals surface area contributed by atoms with Crippen LogP contribution in [0.2, 0.25) is 0 Å². The number of piperidine rings is 1. The van der Waals surface area contributed by atoms with Crippen molar-refractivity contribution < 1.29 is 9.59 Å². The van der Waals surface area contributed by atoms with Gasteiger partial charge < -0.3 is 16.0 Å². The van der Waals surface area contributed by atoms with Crippen LogP contribution >= 0.6 is 0 Å². The number of hydrogen-bond acceptors (Lipinski definition) is 3. The molecule has 1 saturated carbocycles. The van der Waals surface area contributed by atoms with Gasteiger partial charge in [0.1, 0.15) is 0 Å². The van der Waals surface area contributed by atoms with E-state index in [9.17, 15) is 9.59 Å². The normalized spacial score (nSPS) is 27.6. The molecular weight excluding hydrogens is 230 g/mol. The molecule has 2 atom stereocenters. The first kappa shape index (κ1) is 13.3. The summed E-state index contributed by atoms with van der Waals surface area (Å²) < 4.78 is 0. The smallest absolute Gasteiger partial charge is 0.237 e. The molecule has 1 heterocycles. The van der Waals surface area contributed by atoms with Crippen molar-refractivity contribution in [3.05, 3.63) is 0 Å². The molecule has 102 valence electrons. The molecule has 18 heavy (non-hydrogen) atoms. The summed E-state index contributed by atoms with van der Waals surface area (Å²) >= 11 is 0. The third-order valence-electron chi connectivity index (χ3n) is 3.53. The molecule has 0 bridgehead atoms. The third kappa shape index (κ3) is 4.29. The summed E-state index contributed by atoms with van der Waals surface area (Å²) in [6, 6.07) is 0.724. The van der Waals surface area contributed by atoms with Crippen LogP contribution in [0.3, 0.4) is 0 Å². The number of carbonyl (C=O) groups is 2. The Kier molecular flexibility index (Phi) is 4.58. The van der Waals surface area contributed by atoms with Crippen molar-refractivity contribution >= 4 is 11.8 Å². The first-order chi connectivity index (χ1) is 8.65. The van der Waals surface area contributed by atoms with E-state index in [1.807, 2.05) is 0 Å². The Labute approximate surface area is 108 Å². The van der Waals surface area contributed by atoms with Gasteiger partial charge in [0.2, 0.25) is 11.8 Å². The lowest BCUT2D eigenvalue weighted by atomic mass is 9.99. The van der Waals surface area contributed by atoms with E-state index in [-0.39, 0.29) is 17.9 Å². The summed E-state index contributed by atoms with van der Waals surface area (Å²) in [5.41, 5.74) is 0. The SMILES string of the molecule is CC1CCCC(C(=O)NCCC(=O)NC2CC2)N1. The molecule has 2 rings (SSSR count). The van der Waals surface area contributed by atoms with Crippen molar-refractivity contribution in [1.82, 2.24) is 16.0 Å². The molecule has 0 aromatic rings. The molecule has 1 aliphatic heterocycles. The third-order valence-corrected chi connectivity index (χ3v) is 3.53. The van der Waals surface area contributed by atoms with Gasteiger partial charge in [-0.15, -0.1) is 0 Å². The molecule has 2 aliphatic rings. The lowest BCUT2D eigenvalue weighted by molar-refractivity contribution is -0.124. The fourth-order valence-corrected chi connectivity index (χ4v) is 2.29. The molecule has 1 saturated heterocycles. The highest BCUT2D eigenvalue weighted by Gasteiger charge is 2.25. The molecule has 3 N–H and O–H groups in total. The number of carbonyl (C=O) groups excluding carboxylic acids is 2. The molecule has 2 unspecified atom stereocenters. The van der Waals surface area contributed by atoms with Crippen LogP contribution in [0.25, 0.3) is 0 Å². The van der Waals surface area contributed by atoms with Gasteiger partial charge in [-0.25, -0.2) is 0 Å². The summed E-state index contributed by atoms with van der Waals surface area (Å²) in [6.07, 6.45) is 5.70. The van der Waals surface area contributed by atoms with E-state index in [2.05, 4.69) is 22.9 Å². The van der Waals surface area contributed by atoms with Gasteiger partial charge in [-0.05, 0) is 39.0 Å². The van der Waals surface area contributed by atoms with Crippen molar-refractivity contribution in [2.24, 2.45) is 0 Å². The predicted molar refractivity (Wildman–Crippen MR) is 69.0 cm³/mol. The zero-order chi connectivity index (χ0) is 13.0. The van der Waals surface area contributed by atoms with Crippen molar-refractivity contribution in [3.63, 3.8) is 0 Å². The molecule has 0 spiro atoms. The summed E-state index contributed by atoms with van der Waals surface area (Å²) in [4.78, 5) is 23.3. The lowest BCUT2D eigenvalue weighted by Gasteiger charge is -2.27. The van der Waals surface area contributed by atoms with Gasteiger partial charge in [-0.2, -0.15) is 0 Å². The fraction of sp³-hybridized carbons (Fsp3) is 0.846. The van der Waals surface area contributed by atoms with Gasteiger partial charge in [-0.3, -0.25) is 9.59 Å². The van der Waals surface area contributed by atoms with Crippen LogP contribution in [0.4, 0.5) is 0 Å². The zero-order valence-electron chi connectivity index (χ0n) is 11.0. The van der Waals surface area contributed by atoms with Crippen LogP contribution in [0.5, 0.6) is 0 Å². The Morgan fingerprint density at radius 1 is 1.22 bits per heavy atom. The van der Waals surface area contributed by atoms with Crippen molar-refractivity contribution in [2.45, 2.75) is 63.6 Å². The largest absolute Gasteiger partial charge is 0.354 e. The van der Waals surface area contributed by atoms with Gasteiger partial charge in [0.15, 0.2) is 0 Å². The van der Waals surface area contributed by atoms with Gasteiger partial charge in [-0.1, -0.05) is 0 Å². The van der Waals surface area contributed by atoms with Gasteiger partial charge >= 0.3 is 0 Å². The molecule has 0 radical (unpaired) electrons. The van der Waals surface area contributed by atoms with E-state index in [0.717, 1.165) is 32.1 Å². The first-order valence-electron chi connectivity index (χ1n) is 6.98. The first-order valence-corrected chi connectivity index (χ1v) is 6.98. The van der Waals surface area contributed by atoms with Gasteiger partial charge in [0.25, 0.3) is 0 Å². The Balaban J connectivity index is 1.60. The van der Waals surface area contributed by atoms with E-state index >= 15 is 0 Å². The number of rotatable bonds is 5. The standard InChI is InChI=1S/C13H23N3O2/c1-9-3-2-4-11(15-9)13(18)14-8-7-12(17)16-10-5-6-10/h9-11,15H,2-8H2,1H3,(H,14,18)(H,16,17). The topological polar surface area (TPSA) is 70.2 Å².